The summed E-state index contributed by atoms with van der Waals surface area (Å²) in [6, 6.07) is -0.577. The van der Waals surface area contributed by atoms with E-state index in [9.17, 15) is 9.59 Å². The molecule has 1 aliphatic heterocycles. The van der Waals surface area contributed by atoms with E-state index in [0.717, 1.165) is 12.1 Å². The molecular formula is C14H22N4O3. The molecule has 0 aliphatic carbocycles. The smallest absolute Gasteiger partial charge is 0.258 e. The summed E-state index contributed by atoms with van der Waals surface area (Å²) in [4.78, 5) is 26.5. The van der Waals surface area contributed by atoms with Crippen LogP contribution in [0, 0.1) is 13.8 Å². The van der Waals surface area contributed by atoms with Crippen LogP contribution in [-0.4, -0.2) is 59.3 Å². The molecule has 0 spiro atoms. The first-order valence-electron chi connectivity index (χ1n) is 7.24. The minimum absolute atomic E-state index is 0.163. The summed E-state index contributed by atoms with van der Waals surface area (Å²) >= 11 is 0. The topological polar surface area (TPSA) is 87.3 Å². The van der Waals surface area contributed by atoms with Crippen LogP contribution in [0.25, 0.3) is 0 Å². The molecule has 1 aromatic heterocycles. The summed E-state index contributed by atoms with van der Waals surface area (Å²) in [6.45, 7) is 7.26. The SMILES string of the molecule is CCCNC(=O)C1COCCN1C(=O)c1c(C)n[nH]c1C. The van der Waals surface area contributed by atoms with Crippen molar-refractivity contribution in [1.29, 1.82) is 0 Å². The highest BCUT2D eigenvalue weighted by atomic mass is 16.5. The highest BCUT2D eigenvalue weighted by molar-refractivity contribution is 5.99. The van der Waals surface area contributed by atoms with Gasteiger partial charge < -0.3 is 15.0 Å². The van der Waals surface area contributed by atoms with Gasteiger partial charge in [0, 0.05) is 18.8 Å². The molecule has 1 unspecified atom stereocenters. The summed E-state index contributed by atoms with van der Waals surface area (Å²) in [7, 11) is 0. The maximum Gasteiger partial charge on any atom is 0.258 e. The predicted molar refractivity (Wildman–Crippen MR) is 77.0 cm³/mol. The van der Waals surface area contributed by atoms with E-state index >= 15 is 0 Å². The molecule has 2 heterocycles. The van der Waals surface area contributed by atoms with Gasteiger partial charge in [-0.3, -0.25) is 14.7 Å². The maximum absolute atomic E-state index is 12.7. The summed E-state index contributed by atoms with van der Waals surface area (Å²) in [5.41, 5.74) is 1.92. The summed E-state index contributed by atoms with van der Waals surface area (Å²) in [5.74, 6) is -0.331. The lowest BCUT2D eigenvalue weighted by Gasteiger charge is -2.34. The number of carbonyl (C=O) groups is 2. The average molecular weight is 294 g/mol. The highest BCUT2D eigenvalue weighted by Crippen LogP contribution is 2.17. The number of hydrogen-bond acceptors (Lipinski definition) is 4. The third kappa shape index (κ3) is 3.24. The molecule has 0 radical (unpaired) electrons. The molecule has 2 rings (SSSR count). The van der Waals surface area contributed by atoms with Crippen LogP contribution in [0.4, 0.5) is 0 Å². The van der Waals surface area contributed by atoms with Crippen LogP contribution in [-0.2, 0) is 9.53 Å². The van der Waals surface area contributed by atoms with Crippen LogP contribution in [0.5, 0.6) is 0 Å². The Morgan fingerprint density at radius 1 is 1.48 bits per heavy atom. The van der Waals surface area contributed by atoms with Crippen LogP contribution in [0.1, 0.15) is 35.1 Å². The molecule has 21 heavy (non-hydrogen) atoms. The van der Waals surface area contributed by atoms with E-state index in [4.69, 9.17) is 4.74 Å². The Kier molecular flexibility index (Phi) is 4.95. The second-order valence-corrected chi connectivity index (χ2v) is 5.19. The van der Waals surface area contributed by atoms with Crippen molar-refractivity contribution >= 4 is 11.8 Å². The molecule has 2 amide bonds. The number of H-pyrrole nitrogens is 1. The molecule has 1 saturated heterocycles. The fraction of sp³-hybridized carbons (Fsp3) is 0.643. The molecule has 7 nitrogen and oxygen atoms in total. The largest absolute Gasteiger partial charge is 0.377 e. The van der Waals surface area contributed by atoms with Crippen molar-refractivity contribution in [2.24, 2.45) is 0 Å². The van der Waals surface area contributed by atoms with Gasteiger partial charge in [0.25, 0.3) is 5.91 Å². The Bertz CT molecular complexity index is 507. The van der Waals surface area contributed by atoms with Gasteiger partial charge in [0.2, 0.25) is 5.91 Å². The van der Waals surface area contributed by atoms with Gasteiger partial charge >= 0.3 is 0 Å². The number of nitrogens with one attached hydrogen (secondary N) is 2. The molecule has 2 N–H and O–H groups in total. The van der Waals surface area contributed by atoms with E-state index in [1.807, 2.05) is 6.92 Å². The van der Waals surface area contributed by atoms with Gasteiger partial charge in [-0.1, -0.05) is 6.92 Å². The second kappa shape index (κ2) is 6.71. The summed E-state index contributed by atoms with van der Waals surface area (Å²) in [5, 5.41) is 9.68. The number of amides is 2. The molecule has 1 aromatic rings. The minimum Gasteiger partial charge on any atom is -0.377 e. The molecule has 0 aromatic carbocycles. The van der Waals surface area contributed by atoms with E-state index in [1.54, 1.807) is 18.7 Å². The predicted octanol–water partition coefficient (Wildman–Crippen LogP) is 0.394. The van der Waals surface area contributed by atoms with E-state index in [2.05, 4.69) is 15.5 Å². The lowest BCUT2D eigenvalue weighted by Crippen LogP contribution is -2.56. The van der Waals surface area contributed by atoms with Crippen LogP contribution in [0.2, 0.25) is 0 Å². The van der Waals surface area contributed by atoms with Crippen molar-refractivity contribution < 1.29 is 14.3 Å². The molecule has 0 saturated carbocycles. The lowest BCUT2D eigenvalue weighted by atomic mass is 10.1. The number of nitrogens with zero attached hydrogens (tertiary/aromatic N) is 2. The summed E-state index contributed by atoms with van der Waals surface area (Å²) < 4.78 is 5.36. The van der Waals surface area contributed by atoms with Crippen LogP contribution in [0.15, 0.2) is 0 Å². The molecule has 7 heteroatoms. The third-order valence-corrected chi connectivity index (χ3v) is 3.58. The zero-order chi connectivity index (χ0) is 15.4. The zero-order valence-electron chi connectivity index (χ0n) is 12.7. The molecule has 116 valence electrons. The molecule has 1 aliphatic rings. The van der Waals surface area contributed by atoms with E-state index in [-0.39, 0.29) is 18.4 Å². The lowest BCUT2D eigenvalue weighted by molar-refractivity contribution is -0.130. The Balaban J connectivity index is 2.18. The maximum atomic E-state index is 12.7. The number of hydrogen-bond donors (Lipinski definition) is 2. The Morgan fingerprint density at radius 2 is 2.24 bits per heavy atom. The minimum atomic E-state index is -0.577. The van der Waals surface area contributed by atoms with E-state index in [1.165, 1.54) is 0 Å². The van der Waals surface area contributed by atoms with Crippen LogP contribution < -0.4 is 5.32 Å². The van der Waals surface area contributed by atoms with Gasteiger partial charge in [-0.05, 0) is 20.3 Å². The molecular weight excluding hydrogens is 272 g/mol. The monoisotopic (exact) mass is 294 g/mol. The molecule has 0 bridgehead atoms. The fourth-order valence-corrected chi connectivity index (χ4v) is 2.44. The Morgan fingerprint density at radius 3 is 2.86 bits per heavy atom. The fourth-order valence-electron chi connectivity index (χ4n) is 2.44. The number of carbonyl (C=O) groups excluding carboxylic acids is 2. The van der Waals surface area contributed by atoms with Gasteiger partial charge in [0.1, 0.15) is 6.04 Å². The van der Waals surface area contributed by atoms with Crippen LogP contribution in [0.3, 0.4) is 0 Å². The Hall–Kier alpha value is -1.89. The number of aromatic nitrogens is 2. The zero-order valence-corrected chi connectivity index (χ0v) is 12.7. The van der Waals surface area contributed by atoms with Crippen molar-refractivity contribution in [3.05, 3.63) is 17.0 Å². The number of ether oxygens (including phenoxy) is 1. The standard InChI is InChI=1S/C14H22N4O3/c1-4-5-15-13(19)11-8-21-7-6-18(11)14(20)12-9(2)16-17-10(12)3/h11H,4-8H2,1-3H3,(H,15,19)(H,16,17). The number of morpholine rings is 1. The first kappa shape index (κ1) is 15.5. The second-order valence-electron chi connectivity index (χ2n) is 5.19. The molecule has 1 atom stereocenters. The first-order valence-corrected chi connectivity index (χ1v) is 7.24. The van der Waals surface area contributed by atoms with Gasteiger partial charge in [0.05, 0.1) is 24.5 Å². The number of aryl methyl sites for hydroxylation is 2. The van der Waals surface area contributed by atoms with Gasteiger partial charge in [0.15, 0.2) is 0 Å². The number of rotatable bonds is 4. The van der Waals surface area contributed by atoms with Crippen LogP contribution >= 0.6 is 0 Å². The van der Waals surface area contributed by atoms with Gasteiger partial charge in [-0.15, -0.1) is 0 Å². The normalized spacial score (nSPS) is 18.6. The van der Waals surface area contributed by atoms with Crippen molar-refractivity contribution in [3.8, 4) is 0 Å². The quantitative estimate of drug-likeness (QED) is 0.841. The number of aromatic amines is 1. The highest BCUT2D eigenvalue weighted by Gasteiger charge is 2.34. The van der Waals surface area contributed by atoms with Gasteiger partial charge in [-0.25, -0.2) is 0 Å². The summed E-state index contributed by atoms with van der Waals surface area (Å²) in [6.07, 6.45) is 0.854. The van der Waals surface area contributed by atoms with Crippen molar-refractivity contribution in [2.75, 3.05) is 26.3 Å². The average Bonchev–Trinajstić information content (AvgIpc) is 2.83. The Labute approximate surface area is 124 Å². The van der Waals surface area contributed by atoms with E-state index in [0.29, 0.717) is 31.0 Å². The first-order chi connectivity index (χ1) is 10.1. The van der Waals surface area contributed by atoms with Crippen molar-refractivity contribution in [3.63, 3.8) is 0 Å². The van der Waals surface area contributed by atoms with E-state index < -0.39 is 6.04 Å². The van der Waals surface area contributed by atoms with Gasteiger partial charge in [-0.2, -0.15) is 5.10 Å². The van der Waals surface area contributed by atoms with Crippen molar-refractivity contribution in [2.45, 2.75) is 33.2 Å². The molecule has 1 fully saturated rings. The van der Waals surface area contributed by atoms with Crippen molar-refractivity contribution in [1.82, 2.24) is 20.4 Å². The third-order valence-electron chi connectivity index (χ3n) is 3.58.